The van der Waals surface area contributed by atoms with Gasteiger partial charge in [-0.25, -0.2) is 0 Å². The number of amides is 4. The van der Waals surface area contributed by atoms with Crippen LogP contribution in [0.25, 0.3) is 11.1 Å². The van der Waals surface area contributed by atoms with Crippen LogP contribution in [0.5, 0.6) is 0 Å². The van der Waals surface area contributed by atoms with Gasteiger partial charge in [0, 0.05) is 47.7 Å². The highest BCUT2D eigenvalue weighted by Gasteiger charge is 2.39. The van der Waals surface area contributed by atoms with Crippen LogP contribution in [-0.2, 0) is 27.3 Å². The van der Waals surface area contributed by atoms with Gasteiger partial charge in [-0.15, -0.1) is 0 Å². The summed E-state index contributed by atoms with van der Waals surface area (Å²) in [5.41, 5.74) is 11.2. The lowest BCUT2D eigenvalue weighted by Crippen LogP contribution is -2.52. The summed E-state index contributed by atoms with van der Waals surface area (Å²) in [6.07, 6.45) is 5.76. The van der Waals surface area contributed by atoms with Gasteiger partial charge in [-0.1, -0.05) is 36.4 Å². The minimum Gasteiger partial charge on any atom is -0.324 e. The summed E-state index contributed by atoms with van der Waals surface area (Å²) in [5.74, 6) is -1.19. The molecule has 2 aliphatic rings. The van der Waals surface area contributed by atoms with Gasteiger partial charge >= 0.3 is 0 Å². The zero-order valence-electron chi connectivity index (χ0n) is 20.9. The number of anilines is 1. The molecule has 1 saturated heterocycles. The number of aromatic nitrogens is 1. The van der Waals surface area contributed by atoms with E-state index in [-0.39, 0.29) is 24.1 Å². The van der Waals surface area contributed by atoms with Crippen LogP contribution in [0, 0.1) is 0 Å². The Morgan fingerprint density at radius 2 is 1.89 bits per heavy atom. The molecular formula is C29H29N5O4. The number of para-hydroxylation sites is 1. The normalized spacial score (nSPS) is 17.7. The van der Waals surface area contributed by atoms with Gasteiger partial charge in [0.2, 0.25) is 17.7 Å². The lowest BCUT2D eigenvalue weighted by molar-refractivity contribution is -0.137. The van der Waals surface area contributed by atoms with Crippen molar-refractivity contribution in [2.75, 3.05) is 5.32 Å². The van der Waals surface area contributed by atoms with Crippen molar-refractivity contribution in [2.24, 2.45) is 5.73 Å². The largest absolute Gasteiger partial charge is 0.324 e. The first-order chi connectivity index (χ1) is 18.4. The van der Waals surface area contributed by atoms with E-state index in [4.69, 9.17) is 5.73 Å². The summed E-state index contributed by atoms with van der Waals surface area (Å²) in [4.78, 5) is 55.5. The molecule has 0 saturated carbocycles. The van der Waals surface area contributed by atoms with Crippen molar-refractivity contribution in [3.8, 4) is 11.1 Å². The van der Waals surface area contributed by atoms with Crippen LogP contribution in [-0.4, -0.2) is 45.6 Å². The second-order valence-electron chi connectivity index (χ2n) is 9.62. The molecule has 0 aliphatic carbocycles. The van der Waals surface area contributed by atoms with Gasteiger partial charge in [-0.3, -0.25) is 29.5 Å². The first-order valence-corrected chi connectivity index (χ1v) is 12.7. The Hall–Kier alpha value is -4.37. The second-order valence-corrected chi connectivity index (χ2v) is 9.62. The first kappa shape index (κ1) is 25.3. The van der Waals surface area contributed by atoms with E-state index in [0.717, 1.165) is 22.3 Å². The van der Waals surface area contributed by atoms with E-state index in [1.807, 2.05) is 48.5 Å². The van der Waals surface area contributed by atoms with Gasteiger partial charge in [0.15, 0.2) is 0 Å². The molecule has 4 N–H and O–H groups in total. The standard InChI is InChI=1S/C29H29N5O4/c30-23(27(36)32-24-12-2-1-9-20(24)19-8-5-15-31-16-19)11-4-7-18-6-3-10-21-22(18)17-34(29(21)38)25-13-14-26(35)33-28(25)37/h1-3,5-6,8-10,12,15-16,23,25H,4,7,11,13-14,17,30H2,(H,32,36)(H,33,35,37)/t23-,25?/m0/s1. The number of benzene rings is 2. The Morgan fingerprint density at radius 1 is 1.08 bits per heavy atom. The molecule has 2 aromatic carbocycles. The van der Waals surface area contributed by atoms with Crippen LogP contribution >= 0.6 is 0 Å². The van der Waals surface area contributed by atoms with Crippen LogP contribution in [0.1, 0.15) is 47.2 Å². The van der Waals surface area contributed by atoms with Gasteiger partial charge in [0.25, 0.3) is 5.91 Å². The number of rotatable bonds is 8. The lowest BCUT2D eigenvalue weighted by atomic mass is 9.97. The maximum atomic E-state index is 13.0. The van der Waals surface area contributed by atoms with Gasteiger partial charge < -0.3 is 16.0 Å². The minimum absolute atomic E-state index is 0.195. The Bertz CT molecular complexity index is 1390. The SMILES string of the molecule is N[C@@H](CCCc1cccc2c1CN(C1CCC(=O)NC1=O)C2=O)C(=O)Nc1ccccc1-c1cccnc1. The Labute approximate surface area is 220 Å². The molecule has 9 nitrogen and oxygen atoms in total. The molecule has 1 fully saturated rings. The number of hydrogen-bond acceptors (Lipinski definition) is 6. The van der Waals surface area contributed by atoms with Gasteiger partial charge in [0.05, 0.1) is 6.04 Å². The number of fused-ring (bicyclic) bond motifs is 1. The van der Waals surface area contributed by atoms with E-state index in [9.17, 15) is 19.2 Å². The zero-order chi connectivity index (χ0) is 26.6. The van der Waals surface area contributed by atoms with Crippen molar-refractivity contribution in [1.82, 2.24) is 15.2 Å². The van der Waals surface area contributed by atoms with Crippen molar-refractivity contribution in [1.29, 1.82) is 0 Å². The maximum absolute atomic E-state index is 13.0. The third-order valence-corrected chi connectivity index (χ3v) is 7.13. The molecule has 194 valence electrons. The van der Waals surface area contributed by atoms with Crippen LogP contribution in [0.3, 0.4) is 0 Å². The average Bonchev–Trinajstić information content (AvgIpc) is 3.26. The summed E-state index contributed by atoms with van der Waals surface area (Å²) < 4.78 is 0. The summed E-state index contributed by atoms with van der Waals surface area (Å²) in [7, 11) is 0. The molecule has 2 atom stereocenters. The molecule has 3 aromatic rings. The molecule has 2 aliphatic heterocycles. The highest BCUT2D eigenvalue weighted by molar-refractivity contribution is 6.05. The molecule has 38 heavy (non-hydrogen) atoms. The fourth-order valence-corrected chi connectivity index (χ4v) is 5.12. The molecule has 9 heteroatoms. The van der Waals surface area contributed by atoms with E-state index >= 15 is 0 Å². The zero-order valence-corrected chi connectivity index (χ0v) is 20.9. The van der Waals surface area contributed by atoms with Crippen molar-refractivity contribution in [3.05, 3.63) is 83.7 Å². The van der Waals surface area contributed by atoms with Crippen LogP contribution in [0.2, 0.25) is 0 Å². The van der Waals surface area contributed by atoms with E-state index in [1.165, 1.54) is 0 Å². The van der Waals surface area contributed by atoms with Crippen LogP contribution in [0.4, 0.5) is 5.69 Å². The monoisotopic (exact) mass is 511 g/mol. The molecule has 1 aromatic heterocycles. The predicted molar refractivity (Wildman–Crippen MR) is 142 cm³/mol. The molecule has 0 bridgehead atoms. The van der Waals surface area contributed by atoms with Crippen molar-refractivity contribution < 1.29 is 19.2 Å². The van der Waals surface area contributed by atoms with Gasteiger partial charge in [0.1, 0.15) is 6.04 Å². The second kappa shape index (κ2) is 10.9. The van der Waals surface area contributed by atoms with Crippen molar-refractivity contribution >= 4 is 29.3 Å². The van der Waals surface area contributed by atoms with E-state index in [0.29, 0.717) is 43.5 Å². The van der Waals surface area contributed by atoms with Crippen LogP contribution < -0.4 is 16.4 Å². The lowest BCUT2D eigenvalue weighted by Gasteiger charge is -2.29. The van der Waals surface area contributed by atoms with Crippen molar-refractivity contribution in [2.45, 2.75) is 50.7 Å². The van der Waals surface area contributed by atoms with Gasteiger partial charge in [-0.2, -0.15) is 0 Å². The summed E-state index contributed by atoms with van der Waals surface area (Å²) in [6, 6.07) is 15.5. The third-order valence-electron chi connectivity index (χ3n) is 7.13. The fraction of sp³-hybridized carbons (Fsp3) is 0.276. The Morgan fingerprint density at radius 3 is 2.68 bits per heavy atom. The Balaban J connectivity index is 1.20. The van der Waals surface area contributed by atoms with Gasteiger partial charge in [-0.05, 0) is 55.0 Å². The maximum Gasteiger partial charge on any atom is 0.255 e. The van der Waals surface area contributed by atoms with Crippen molar-refractivity contribution in [3.63, 3.8) is 0 Å². The highest BCUT2D eigenvalue weighted by Crippen LogP contribution is 2.31. The van der Waals surface area contributed by atoms with E-state index in [2.05, 4.69) is 15.6 Å². The number of carbonyl (C=O) groups excluding carboxylic acids is 4. The summed E-state index contributed by atoms with van der Waals surface area (Å²) in [6.45, 7) is 0.328. The number of pyridine rings is 1. The molecule has 5 rings (SSSR count). The molecule has 3 heterocycles. The quantitative estimate of drug-likeness (QED) is 0.398. The highest BCUT2D eigenvalue weighted by atomic mass is 16.2. The molecule has 0 spiro atoms. The molecule has 0 radical (unpaired) electrons. The number of nitrogens with two attached hydrogens (primary N) is 1. The number of aryl methyl sites for hydroxylation is 1. The predicted octanol–water partition coefficient (Wildman–Crippen LogP) is 2.80. The minimum atomic E-state index is -0.699. The molecule has 1 unspecified atom stereocenters. The number of nitrogens with zero attached hydrogens (tertiary/aromatic N) is 2. The first-order valence-electron chi connectivity index (χ1n) is 12.7. The summed E-state index contributed by atoms with van der Waals surface area (Å²) >= 11 is 0. The Kier molecular flexibility index (Phi) is 7.28. The number of nitrogens with one attached hydrogen (secondary N) is 2. The van der Waals surface area contributed by atoms with E-state index in [1.54, 1.807) is 23.4 Å². The molecular weight excluding hydrogens is 482 g/mol. The number of hydrogen-bond donors (Lipinski definition) is 3. The fourth-order valence-electron chi connectivity index (χ4n) is 5.12. The summed E-state index contributed by atoms with van der Waals surface area (Å²) in [5, 5.41) is 5.28. The number of carbonyl (C=O) groups is 4. The smallest absolute Gasteiger partial charge is 0.255 e. The van der Waals surface area contributed by atoms with E-state index < -0.39 is 18.0 Å². The third kappa shape index (κ3) is 5.19. The topological polar surface area (TPSA) is 134 Å². The number of piperidine rings is 1. The van der Waals surface area contributed by atoms with Crippen LogP contribution in [0.15, 0.2) is 67.0 Å². The number of imide groups is 1. The molecule has 4 amide bonds. The average molecular weight is 512 g/mol.